The van der Waals surface area contributed by atoms with Gasteiger partial charge in [0, 0.05) is 42.3 Å². The summed E-state index contributed by atoms with van der Waals surface area (Å²) in [4.78, 5) is 4.15. The van der Waals surface area contributed by atoms with E-state index < -0.39 is 0 Å². The number of hydrogen-bond donors (Lipinski definition) is 2. The summed E-state index contributed by atoms with van der Waals surface area (Å²) in [5.41, 5.74) is 8.42. The molecule has 0 atom stereocenters. The molecule has 0 radical (unpaired) electrons. The standard InChI is InChI=1S/C14H17N3O2/c1-18-13-6-11(15)5-12(7-13)16-8-10-3-4-14(19-2)17-9-10/h3-7,9,16H,8,15H2,1-2H3. The summed E-state index contributed by atoms with van der Waals surface area (Å²) in [5, 5.41) is 3.27. The zero-order valence-electron chi connectivity index (χ0n) is 11.0. The third-order valence-corrected chi connectivity index (χ3v) is 2.67. The molecule has 1 aromatic carbocycles. The van der Waals surface area contributed by atoms with Crippen LogP contribution in [0.4, 0.5) is 11.4 Å². The topological polar surface area (TPSA) is 69.4 Å². The fourth-order valence-corrected chi connectivity index (χ4v) is 1.68. The van der Waals surface area contributed by atoms with Crippen LogP contribution in [0.5, 0.6) is 11.6 Å². The average Bonchev–Trinajstić information content (AvgIpc) is 2.45. The Morgan fingerprint density at radius 2 is 2.00 bits per heavy atom. The highest BCUT2D eigenvalue weighted by Gasteiger charge is 2.00. The molecule has 0 aliphatic carbocycles. The fourth-order valence-electron chi connectivity index (χ4n) is 1.68. The van der Waals surface area contributed by atoms with Gasteiger partial charge in [0.2, 0.25) is 5.88 Å². The normalized spacial score (nSPS) is 10.0. The molecule has 0 aliphatic rings. The van der Waals surface area contributed by atoms with Crippen molar-refractivity contribution in [3.63, 3.8) is 0 Å². The van der Waals surface area contributed by atoms with E-state index in [4.69, 9.17) is 15.2 Å². The second-order valence-electron chi connectivity index (χ2n) is 4.06. The van der Waals surface area contributed by atoms with Gasteiger partial charge in [-0.3, -0.25) is 0 Å². The van der Waals surface area contributed by atoms with Crippen LogP contribution in [0.1, 0.15) is 5.56 Å². The summed E-state index contributed by atoms with van der Waals surface area (Å²) in [6.45, 7) is 0.656. The number of nitrogen functional groups attached to an aromatic ring is 1. The first-order valence-corrected chi connectivity index (χ1v) is 5.88. The molecule has 2 rings (SSSR count). The lowest BCUT2D eigenvalue weighted by Crippen LogP contribution is -2.01. The maximum Gasteiger partial charge on any atom is 0.212 e. The number of pyridine rings is 1. The Labute approximate surface area is 112 Å². The number of methoxy groups -OCH3 is 2. The molecule has 0 aliphatic heterocycles. The van der Waals surface area contributed by atoms with Gasteiger partial charge in [-0.25, -0.2) is 4.98 Å². The van der Waals surface area contributed by atoms with Crippen LogP contribution in [0.25, 0.3) is 0 Å². The van der Waals surface area contributed by atoms with E-state index in [-0.39, 0.29) is 0 Å². The highest BCUT2D eigenvalue weighted by molar-refractivity contribution is 5.59. The number of nitrogens with one attached hydrogen (secondary N) is 1. The molecule has 5 heteroatoms. The SMILES string of the molecule is COc1cc(N)cc(NCc2ccc(OC)nc2)c1. The van der Waals surface area contributed by atoms with Crippen LogP contribution < -0.4 is 20.5 Å². The first kappa shape index (κ1) is 13.0. The average molecular weight is 259 g/mol. The van der Waals surface area contributed by atoms with E-state index >= 15 is 0 Å². The summed E-state index contributed by atoms with van der Waals surface area (Å²) < 4.78 is 10.2. The number of ether oxygens (including phenoxy) is 2. The van der Waals surface area contributed by atoms with Gasteiger partial charge in [0.05, 0.1) is 14.2 Å². The minimum absolute atomic E-state index is 0.606. The Kier molecular flexibility index (Phi) is 4.07. The van der Waals surface area contributed by atoms with Gasteiger partial charge in [0.1, 0.15) is 5.75 Å². The molecule has 0 saturated carbocycles. The molecule has 5 nitrogen and oxygen atoms in total. The molecule has 0 amide bonds. The van der Waals surface area contributed by atoms with Gasteiger partial charge in [-0.1, -0.05) is 6.07 Å². The van der Waals surface area contributed by atoms with E-state index in [1.807, 2.05) is 24.3 Å². The van der Waals surface area contributed by atoms with Gasteiger partial charge in [-0.05, 0) is 11.6 Å². The second-order valence-corrected chi connectivity index (χ2v) is 4.06. The van der Waals surface area contributed by atoms with Crippen molar-refractivity contribution in [3.8, 4) is 11.6 Å². The molecule has 0 unspecified atom stereocenters. The predicted molar refractivity (Wildman–Crippen MR) is 75.5 cm³/mol. The number of benzene rings is 1. The van der Waals surface area contributed by atoms with Crippen LogP contribution in [-0.2, 0) is 6.54 Å². The highest BCUT2D eigenvalue weighted by atomic mass is 16.5. The van der Waals surface area contributed by atoms with Gasteiger partial charge in [-0.15, -0.1) is 0 Å². The van der Waals surface area contributed by atoms with Crippen molar-refractivity contribution in [3.05, 3.63) is 42.1 Å². The molecular weight excluding hydrogens is 242 g/mol. The number of rotatable bonds is 5. The Hall–Kier alpha value is -2.43. The van der Waals surface area contributed by atoms with Gasteiger partial charge in [0.25, 0.3) is 0 Å². The van der Waals surface area contributed by atoms with E-state index in [9.17, 15) is 0 Å². The number of anilines is 2. The van der Waals surface area contributed by atoms with Crippen molar-refractivity contribution in [1.29, 1.82) is 0 Å². The molecule has 1 aromatic heterocycles. The van der Waals surface area contributed by atoms with Crippen LogP contribution in [0.15, 0.2) is 36.5 Å². The van der Waals surface area contributed by atoms with E-state index in [0.717, 1.165) is 17.0 Å². The third kappa shape index (κ3) is 3.51. The Morgan fingerprint density at radius 1 is 1.16 bits per heavy atom. The van der Waals surface area contributed by atoms with Crippen molar-refractivity contribution < 1.29 is 9.47 Å². The van der Waals surface area contributed by atoms with Crippen molar-refractivity contribution in [2.75, 3.05) is 25.3 Å². The molecule has 0 saturated heterocycles. The lowest BCUT2D eigenvalue weighted by atomic mass is 10.2. The molecule has 0 spiro atoms. The Balaban J connectivity index is 2.03. The number of aromatic nitrogens is 1. The molecule has 1 heterocycles. The summed E-state index contributed by atoms with van der Waals surface area (Å²) in [6, 6.07) is 9.33. The number of nitrogens with zero attached hydrogens (tertiary/aromatic N) is 1. The van der Waals surface area contributed by atoms with E-state index in [0.29, 0.717) is 18.1 Å². The lowest BCUT2D eigenvalue weighted by molar-refractivity contribution is 0.397. The zero-order chi connectivity index (χ0) is 13.7. The van der Waals surface area contributed by atoms with Gasteiger partial charge < -0.3 is 20.5 Å². The predicted octanol–water partition coefficient (Wildman–Crippen LogP) is 2.29. The van der Waals surface area contributed by atoms with Gasteiger partial charge in [-0.2, -0.15) is 0 Å². The molecule has 100 valence electrons. The highest BCUT2D eigenvalue weighted by Crippen LogP contribution is 2.22. The van der Waals surface area contributed by atoms with Crippen molar-refractivity contribution >= 4 is 11.4 Å². The summed E-state index contributed by atoms with van der Waals surface area (Å²) >= 11 is 0. The maximum atomic E-state index is 5.79. The van der Waals surface area contributed by atoms with Gasteiger partial charge in [0.15, 0.2) is 0 Å². The maximum absolute atomic E-state index is 5.79. The van der Waals surface area contributed by atoms with E-state index in [2.05, 4.69) is 10.3 Å². The van der Waals surface area contributed by atoms with Crippen LogP contribution in [0, 0.1) is 0 Å². The summed E-state index contributed by atoms with van der Waals surface area (Å²) in [6.07, 6.45) is 1.77. The monoisotopic (exact) mass is 259 g/mol. The lowest BCUT2D eigenvalue weighted by Gasteiger charge is -2.09. The minimum Gasteiger partial charge on any atom is -0.497 e. The fraction of sp³-hybridized carbons (Fsp3) is 0.214. The largest absolute Gasteiger partial charge is 0.497 e. The molecule has 3 N–H and O–H groups in total. The zero-order valence-corrected chi connectivity index (χ0v) is 11.0. The molecule has 19 heavy (non-hydrogen) atoms. The minimum atomic E-state index is 0.606. The first-order valence-electron chi connectivity index (χ1n) is 5.88. The second kappa shape index (κ2) is 5.95. The molecule has 2 aromatic rings. The summed E-state index contributed by atoms with van der Waals surface area (Å²) in [5.74, 6) is 1.34. The van der Waals surface area contributed by atoms with Crippen LogP contribution in [0.3, 0.4) is 0 Å². The van der Waals surface area contributed by atoms with Crippen molar-refractivity contribution in [2.24, 2.45) is 0 Å². The Bertz CT molecular complexity index is 541. The van der Waals surface area contributed by atoms with Crippen LogP contribution in [0.2, 0.25) is 0 Å². The molecular formula is C14H17N3O2. The molecule has 0 fully saturated rings. The van der Waals surface area contributed by atoms with Crippen molar-refractivity contribution in [1.82, 2.24) is 4.98 Å². The van der Waals surface area contributed by atoms with E-state index in [1.165, 1.54) is 0 Å². The Morgan fingerprint density at radius 3 is 2.63 bits per heavy atom. The van der Waals surface area contributed by atoms with E-state index in [1.54, 1.807) is 26.5 Å². The summed E-state index contributed by atoms with van der Waals surface area (Å²) in [7, 11) is 3.21. The third-order valence-electron chi connectivity index (χ3n) is 2.67. The van der Waals surface area contributed by atoms with Crippen LogP contribution >= 0.6 is 0 Å². The van der Waals surface area contributed by atoms with Gasteiger partial charge >= 0.3 is 0 Å². The number of nitrogens with two attached hydrogens (primary N) is 1. The van der Waals surface area contributed by atoms with Crippen molar-refractivity contribution in [2.45, 2.75) is 6.54 Å². The smallest absolute Gasteiger partial charge is 0.212 e. The number of hydrogen-bond acceptors (Lipinski definition) is 5. The van der Waals surface area contributed by atoms with Crippen LogP contribution in [-0.4, -0.2) is 19.2 Å². The quantitative estimate of drug-likeness (QED) is 0.806. The first-order chi connectivity index (χ1) is 9.21. The molecule has 0 bridgehead atoms.